The van der Waals surface area contributed by atoms with E-state index in [1.807, 2.05) is 18.2 Å². The molecular weight excluding hydrogens is 318 g/mol. The van der Waals surface area contributed by atoms with Crippen molar-refractivity contribution in [2.24, 2.45) is 0 Å². The van der Waals surface area contributed by atoms with Crippen molar-refractivity contribution in [3.05, 3.63) is 23.8 Å². The molecule has 96 valence electrons. The van der Waals surface area contributed by atoms with Gasteiger partial charge in [-0.05, 0) is 43.0 Å². The fourth-order valence-electron chi connectivity index (χ4n) is 1.70. The van der Waals surface area contributed by atoms with Gasteiger partial charge in [-0.1, -0.05) is 28.8 Å². The molecular formula is C12H19BrO2P2. The van der Waals surface area contributed by atoms with Gasteiger partial charge >= 0.3 is 0 Å². The molecule has 0 aliphatic heterocycles. The third-order valence-corrected chi connectivity index (χ3v) is 3.71. The molecule has 0 amide bonds. The van der Waals surface area contributed by atoms with Crippen molar-refractivity contribution in [1.82, 2.24) is 0 Å². The molecule has 1 rings (SSSR count). The SMILES string of the molecule is POc1ccc(OP)c(CCCCCCBr)c1. The summed E-state index contributed by atoms with van der Waals surface area (Å²) in [6.45, 7) is 0. The fraction of sp³-hybridized carbons (Fsp3) is 0.500. The van der Waals surface area contributed by atoms with E-state index in [0.717, 1.165) is 23.2 Å². The zero-order valence-electron chi connectivity index (χ0n) is 9.82. The molecule has 0 N–H and O–H groups in total. The third-order valence-electron chi connectivity index (χ3n) is 2.62. The quantitative estimate of drug-likeness (QED) is 0.394. The van der Waals surface area contributed by atoms with Crippen LogP contribution < -0.4 is 9.05 Å². The topological polar surface area (TPSA) is 18.5 Å². The minimum atomic E-state index is 0.858. The summed E-state index contributed by atoms with van der Waals surface area (Å²) in [4.78, 5) is 0. The smallest absolute Gasteiger partial charge is 0.125 e. The Morgan fingerprint density at radius 1 is 1.00 bits per heavy atom. The monoisotopic (exact) mass is 336 g/mol. The standard InChI is InChI=1S/C12H19BrO2P2/c13-8-4-2-1-3-5-10-9-11(14-16)6-7-12(10)15-17/h6-7,9H,1-5,8,16-17H2. The number of aryl methyl sites for hydroxylation is 1. The summed E-state index contributed by atoms with van der Waals surface area (Å²) in [5.74, 6) is 1.78. The van der Waals surface area contributed by atoms with Crippen LogP contribution in [0.25, 0.3) is 0 Å². The van der Waals surface area contributed by atoms with Gasteiger partial charge in [0, 0.05) is 5.33 Å². The van der Waals surface area contributed by atoms with Gasteiger partial charge in [-0.3, -0.25) is 0 Å². The van der Waals surface area contributed by atoms with Crippen molar-refractivity contribution in [2.75, 3.05) is 5.33 Å². The number of unbranched alkanes of at least 4 members (excludes halogenated alkanes) is 3. The Balaban J connectivity index is 2.49. The molecule has 2 atom stereocenters. The van der Waals surface area contributed by atoms with Crippen LogP contribution in [0.2, 0.25) is 0 Å². The summed E-state index contributed by atoms with van der Waals surface area (Å²) in [6, 6.07) is 5.89. The van der Waals surface area contributed by atoms with Crippen LogP contribution in [-0.2, 0) is 6.42 Å². The molecule has 0 aromatic heterocycles. The lowest BCUT2D eigenvalue weighted by Crippen LogP contribution is -1.91. The Bertz CT molecular complexity index is 334. The number of benzene rings is 1. The van der Waals surface area contributed by atoms with Gasteiger partial charge in [-0.2, -0.15) is 0 Å². The number of alkyl halides is 1. The normalized spacial score (nSPS) is 10.3. The predicted octanol–water partition coefficient (Wildman–Crippen LogP) is 4.52. The lowest BCUT2D eigenvalue weighted by molar-refractivity contribution is 0.604. The van der Waals surface area contributed by atoms with E-state index in [1.54, 1.807) is 0 Å². The van der Waals surface area contributed by atoms with Gasteiger partial charge in [0.05, 0.1) is 18.9 Å². The maximum atomic E-state index is 5.27. The van der Waals surface area contributed by atoms with E-state index in [0.29, 0.717) is 0 Å². The molecule has 0 spiro atoms. The van der Waals surface area contributed by atoms with Crippen LogP contribution in [0.1, 0.15) is 31.2 Å². The summed E-state index contributed by atoms with van der Waals surface area (Å²) in [5, 5.41) is 1.10. The van der Waals surface area contributed by atoms with Crippen LogP contribution in [-0.4, -0.2) is 5.33 Å². The highest BCUT2D eigenvalue weighted by molar-refractivity contribution is 9.09. The molecule has 0 bridgehead atoms. The second kappa shape index (κ2) is 9.14. The Morgan fingerprint density at radius 3 is 2.41 bits per heavy atom. The second-order valence-corrected chi connectivity index (χ2v) is 5.12. The molecule has 0 fully saturated rings. The second-order valence-electron chi connectivity index (χ2n) is 3.86. The molecule has 0 aliphatic rings. The van der Waals surface area contributed by atoms with E-state index in [-0.39, 0.29) is 0 Å². The van der Waals surface area contributed by atoms with Gasteiger partial charge in [0.25, 0.3) is 0 Å². The summed E-state index contributed by atoms with van der Waals surface area (Å²) in [6.07, 6.45) is 6.01. The van der Waals surface area contributed by atoms with Gasteiger partial charge in [-0.25, -0.2) is 0 Å². The van der Waals surface area contributed by atoms with E-state index < -0.39 is 0 Å². The summed E-state index contributed by atoms with van der Waals surface area (Å²) in [5.41, 5.74) is 1.21. The molecule has 0 heterocycles. The van der Waals surface area contributed by atoms with Gasteiger partial charge in [0.2, 0.25) is 0 Å². The molecule has 0 aliphatic carbocycles. The van der Waals surface area contributed by atoms with Crippen molar-refractivity contribution in [1.29, 1.82) is 0 Å². The third kappa shape index (κ3) is 5.55. The predicted molar refractivity (Wildman–Crippen MR) is 83.1 cm³/mol. The van der Waals surface area contributed by atoms with E-state index >= 15 is 0 Å². The number of rotatable bonds is 8. The van der Waals surface area contributed by atoms with Crippen LogP contribution in [0.4, 0.5) is 0 Å². The first-order valence-corrected chi connectivity index (χ1v) is 7.80. The zero-order valence-corrected chi connectivity index (χ0v) is 13.7. The highest BCUT2D eigenvalue weighted by Crippen LogP contribution is 2.28. The van der Waals surface area contributed by atoms with Crippen molar-refractivity contribution in [3.63, 3.8) is 0 Å². The van der Waals surface area contributed by atoms with Crippen molar-refractivity contribution in [3.8, 4) is 11.5 Å². The van der Waals surface area contributed by atoms with Gasteiger partial charge in [-0.15, -0.1) is 0 Å². The van der Waals surface area contributed by atoms with Crippen molar-refractivity contribution < 1.29 is 9.05 Å². The first kappa shape index (κ1) is 15.2. The summed E-state index contributed by atoms with van der Waals surface area (Å²) < 4.78 is 10.4. The van der Waals surface area contributed by atoms with E-state index in [2.05, 4.69) is 34.9 Å². The van der Waals surface area contributed by atoms with Crippen molar-refractivity contribution in [2.45, 2.75) is 32.1 Å². The molecule has 5 heteroatoms. The minimum Gasteiger partial charge on any atom is -0.480 e. The Morgan fingerprint density at radius 2 is 1.76 bits per heavy atom. The summed E-state index contributed by atoms with van der Waals surface area (Å²) in [7, 11) is 4.57. The molecule has 2 nitrogen and oxygen atoms in total. The van der Waals surface area contributed by atoms with E-state index in [4.69, 9.17) is 9.05 Å². The number of halogens is 1. The molecule has 2 unspecified atom stereocenters. The zero-order chi connectivity index (χ0) is 12.5. The van der Waals surface area contributed by atoms with Gasteiger partial charge in [0.15, 0.2) is 0 Å². The number of hydrogen-bond acceptors (Lipinski definition) is 2. The maximum absolute atomic E-state index is 5.27. The van der Waals surface area contributed by atoms with E-state index in [1.165, 1.54) is 31.2 Å². The van der Waals surface area contributed by atoms with E-state index in [9.17, 15) is 0 Å². The van der Waals surface area contributed by atoms with Crippen LogP contribution in [0.15, 0.2) is 18.2 Å². The lowest BCUT2D eigenvalue weighted by Gasteiger charge is -2.09. The Hall–Kier alpha value is 0.160. The van der Waals surface area contributed by atoms with Gasteiger partial charge < -0.3 is 9.05 Å². The first-order chi connectivity index (χ1) is 8.31. The largest absolute Gasteiger partial charge is 0.480 e. The summed E-state index contributed by atoms with van der Waals surface area (Å²) >= 11 is 3.45. The average Bonchev–Trinajstić information content (AvgIpc) is 2.38. The fourth-order valence-corrected chi connectivity index (χ4v) is 2.48. The molecule has 0 saturated heterocycles. The van der Waals surface area contributed by atoms with Crippen molar-refractivity contribution >= 4 is 34.9 Å². The molecule has 1 aromatic rings. The molecule has 1 aromatic carbocycles. The first-order valence-electron chi connectivity index (χ1n) is 5.74. The number of hydrogen-bond donors (Lipinski definition) is 0. The lowest BCUT2D eigenvalue weighted by atomic mass is 10.1. The van der Waals surface area contributed by atoms with Crippen LogP contribution >= 0.6 is 34.9 Å². The highest BCUT2D eigenvalue weighted by atomic mass is 79.9. The Labute approximate surface area is 117 Å². The highest BCUT2D eigenvalue weighted by Gasteiger charge is 2.04. The van der Waals surface area contributed by atoms with Crippen LogP contribution in [0.5, 0.6) is 11.5 Å². The van der Waals surface area contributed by atoms with Crippen LogP contribution in [0.3, 0.4) is 0 Å². The maximum Gasteiger partial charge on any atom is 0.125 e. The molecule has 17 heavy (non-hydrogen) atoms. The van der Waals surface area contributed by atoms with Crippen LogP contribution in [0, 0.1) is 0 Å². The average molecular weight is 337 g/mol. The van der Waals surface area contributed by atoms with Gasteiger partial charge in [0.1, 0.15) is 11.5 Å². The molecule has 0 radical (unpaired) electrons. The minimum absolute atomic E-state index is 0.858. The Kier molecular flexibility index (Phi) is 8.18. The molecule has 0 saturated carbocycles.